The maximum atomic E-state index is 2.88. The summed E-state index contributed by atoms with van der Waals surface area (Å²) in [6.07, 6.45) is 14.4. The summed E-state index contributed by atoms with van der Waals surface area (Å²) in [5.74, 6) is 7.45. The molecule has 1 aromatic rings. The van der Waals surface area contributed by atoms with Crippen LogP contribution in [-0.2, 0) is 0 Å². The van der Waals surface area contributed by atoms with Crippen molar-refractivity contribution in [2.24, 2.45) is 41.4 Å². The molecule has 2 aliphatic heterocycles. The Morgan fingerprint density at radius 1 is 0.722 bits per heavy atom. The summed E-state index contributed by atoms with van der Waals surface area (Å²) in [5, 5.41) is 1.75. The Bertz CT molecular complexity index is 1030. The summed E-state index contributed by atoms with van der Waals surface area (Å²) in [6.45, 7) is 13.2. The molecule has 0 bridgehead atoms. The first-order valence-electron chi connectivity index (χ1n) is 15.1. The maximum absolute atomic E-state index is 2.88. The van der Waals surface area contributed by atoms with Crippen molar-refractivity contribution in [3.05, 3.63) is 57.9 Å². The molecule has 0 amide bonds. The molecule has 0 radical (unpaired) electrons. The first kappa shape index (κ1) is 24.6. The van der Waals surface area contributed by atoms with E-state index in [1.54, 1.807) is 21.8 Å². The second-order valence-corrected chi connectivity index (χ2v) is 22.0. The highest BCUT2D eigenvalue weighted by atomic mass is 32.2. The lowest BCUT2D eigenvalue weighted by atomic mass is 9.59. The Kier molecular flexibility index (Phi) is 6.22. The molecular weight excluding hydrogens is 489 g/mol. The van der Waals surface area contributed by atoms with Crippen LogP contribution in [0.25, 0.3) is 0 Å². The third-order valence-corrected chi connectivity index (χ3v) is 20.5. The van der Waals surface area contributed by atoms with Crippen LogP contribution >= 0.6 is 23.5 Å². The van der Waals surface area contributed by atoms with E-state index in [4.69, 9.17) is 0 Å². The third kappa shape index (κ3) is 3.75. The number of hydrogen-bond acceptors (Lipinski definition) is 2. The minimum atomic E-state index is -1.49. The summed E-state index contributed by atoms with van der Waals surface area (Å²) in [4.78, 5) is 3.24. The third-order valence-electron chi connectivity index (χ3n) is 12.1. The number of hydrogen-bond donors (Lipinski definition) is 0. The van der Waals surface area contributed by atoms with E-state index in [1.807, 2.05) is 0 Å². The van der Waals surface area contributed by atoms with Crippen LogP contribution in [0.2, 0.25) is 24.2 Å². The number of benzene rings is 1. The van der Waals surface area contributed by atoms with Crippen LogP contribution in [0.5, 0.6) is 0 Å². The quantitative estimate of drug-likeness (QED) is 0.354. The predicted molar refractivity (Wildman–Crippen MR) is 162 cm³/mol. The van der Waals surface area contributed by atoms with Crippen LogP contribution in [0.4, 0.5) is 0 Å². The highest BCUT2D eigenvalue weighted by Gasteiger charge is 2.63. The molecular formula is C33H46S2Si. The van der Waals surface area contributed by atoms with Crippen LogP contribution in [0, 0.1) is 41.4 Å². The summed E-state index contributed by atoms with van der Waals surface area (Å²) < 4.78 is 0. The van der Waals surface area contributed by atoms with Crippen molar-refractivity contribution < 1.29 is 0 Å². The second kappa shape index (κ2) is 9.09. The van der Waals surface area contributed by atoms with Crippen molar-refractivity contribution in [1.29, 1.82) is 0 Å². The van der Waals surface area contributed by atoms with Crippen LogP contribution < -0.4 is 0 Å². The first-order chi connectivity index (χ1) is 17.3. The van der Waals surface area contributed by atoms with Gasteiger partial charge in [0.25, 0.3) is 0 Å². The minimum Gasteiger partial charge on any atom is -0.127 e. The van der Waals surface area contributed by atoms with Crippen molar-refractivity contribution in [3.63, 3.8) is 0 Å². The second-order valence-electron chi connectivity index (χ2n) is 14.2. The Morgan fingerprint density at radius 2 is 1.36 bits per heavy atom. The molecule has 4 aliphatic carbocycles. The molecule has 0 N–H and O–H groups in total. The number of allylic oxidation sites excluding steroid dienone is 4. The van der Waals surface area contributed by atoms with Gasteiger partial charge in [-0.25, -0.2) is 0 Å². The fourth-order valence-corrected chi connectivity index (χ4v) is 22.2. The van der Waals surface area contributed by atoms with Crippen molar-refractivity contribution >= 4 is 31.6 Å². The number of rotatable bonds is 3. The van der Waals surface area contributed by atoms with Gasteiger partial charge in [0.2, 0.25) is 0 Å². The SMILES string of the molecule is CC1=CC2C3C=C(C)SC3C([Si](C)(C)C3C(C)CC4C5CC(c6ccccc6)CCC5CCC43)C2S1. The van der Waals surface area contributed by atoms with Gasteiger partial charge in [0, 0.05) is 10.5 Å². The summed E-state index contributed by atoms with van der Waals surface area (Å²) in [7, 11) is -1.49. The lowest BCUT2D eigenvalue weighted by Crippen LogP contribution is -2.48. The molecule has 0 aromatic heterocycles. The Hall–Kier alpha value is -0.383. The van der Waals surface area contributed by atoms with E-state index in [2.05, 4.69) is 99.9 Å². The zero-order valence-electron chi connectivity index (χ0n) is 23.0. The molecule has 194 valence electrons. The van der Waals surface area contributed by atoms with Crippen LogP contribution in [0.3, 0.4) is 0 Å². The van der Waals surface area contributed by atoms with E-state index in [0.29, 0.717) is 0 Å². The Labute approximate surface area is 229 Å². The van der Waals surface area contributed by atoms with E-state index in [9.17, 15) is 0 Å². The molecule has 11 unspecified atom stereocenters. The minimum absolute atomic E-state index is 0.815. The van der Waals surface area contributed by atoms with E-state index in [-0.39, 0.29) is 0 Å². The van der Waals surface area contributed by atoms with Crippen LogP contribution in [0.15, 0.2) is 52.3 Å². The van der Waals surface area contributed by atoms with E-state index < -0.39 is 8.07 Å². The van der Waals surface area contributed by atoms with Crippen LogP contribution in [0.1, 0.15) is 70.8 Å². The van der Waals surface area contributed by atoms with E-state index in [1.165, 1.54) is 32.1 Å². The Morgan fingerprint density at radius 3 is 2.03 bits per heavy atom. The molecule has 36 heavy (non-hydrogen) atoms. The van der Waals surface area contributed by atoms with Gasteiger partial charge in [-0.2, -0.15) is 0 Å². The summed E-state index contributed by atoms with van der Waals surface area (Å²) >= 11 is 4.58. The molecule has 7 rings (SSSR count). The van der Waals surface area contributed by atoms with Gasteiger partial charge >= 0.3 is 0 Å². The molecule has 2 heterocycles. The zero-order valence-corrected chi connectivity index (χ0v) is 25.7. The molecule has 4 saturated carbocycles. The maximum Gasteiger partial charge on any atom is 0.0566 e. The fraction of sp³-hybridized carbons (Fsp3) is 0.697. The van der Waals surface area contributed by atoms with Crippen molar-refractivity contribution in [3.8, 4) is 0 Å². The largest absolute Gasteiger partial charge is 0.127 e. The van der Waals surface area contributed by atoms with Gasteiger partial charge in [-0.05, 0) is 126 Å². The fourth-order valence-electron chi connectivity index (χ4n) is 11.1. The number of fused-ring (bicyclic) bond motifs is 6. The average Bonchev–Trinajstić information content (AvgIpc) is 3.57. The molecule has 0 nitrogen and oxygen atoms in total. The lowest BCUT2D eigenvalue weighted by molar-refractivity contribution is 0.0629. The molecule has 1 aromatic carbocycles. The molecule has 3 heteroatoms. The zero-order chi connectivity index (χ0) is 24.8. The van der Waals surface area contributed by atoms with Gasteiger partial charge < -0.3 is 0 Å². The van der Waals surface area contributed by atoms with Gasteiger partial charge in [-0.3, -0.25) is 0 Å². The normalized spacial score (nSPS) is 47.6. The van der Waals surface area contributed by atoms with E-state index >= 15 is 0 Å². The van der Waals surface area contributed by atoms with Gasteiger partial charge in [-0.1, -0.05) is 62.5 Å². The smallest absolute Gasteiger partial charge is 0.0566 e. The van der Waals surface area contributed by atoms with E-state index in [0.717, 1.165) is 68.9 Å². The molecule has 0 saturated heterocycles. The topological polar surface area (TPSA) is 0 Å². The van der Waals surface area contributed by atoms with Crippen molar-refractivity contribution in [2.75, 3.05) is 0 Å². The van der Waals surface area contributed by atoms with Crippen molar-refractivity contribution in [2.45, 2.75) is 99.9 Å². The standard InChI is InChI=1S/C33H46S2Si/c1-19-15-27-25(14-13-23-11-12-24(18-26(23)27)22-9-7-6-8-10-22)32(19)36(4,5)33-30-28(16-20(2)34-30)29-17-21(3)35-31(29)33/h6-10,16-17,19,23-33H,11-15,18H2,1-5H3. The summed E-state index contributed by atoms with van der Waals surface area (Å²) in [6, 6.07) is 11.6. The summed E-state index contributed by atoms with van der Waals surface area (Å²) in [5.41, 5.74) is 3.63. The van der Waals surface area contributed by atoms with Gasteiger partial charge in [0.15, 0.2) is 0 Å². The monoisotopic (exact) mass is 534 g/mol. The average molecular weight is 535 g/mol. The van der Waals surface area contributed by atoms with Gasteiger partial charge in [-0.15, -0.1) is 23.5 Å². The van der Waals surface area contributed by atoms with Gasteiger partial charge in [0.05, 0.1) is 8.07 Å². The number of thioether (sulfide) groups is 2. The first-order valence-corrected chi connectivity index (χ1v) is 20.0. The molecule has 6 aliphatic rings. The highest BCUT2D eigenvalue weighted by molar-refractivity contribution is 8.05. The lowest BCUT2D eigenvalue weighted by Gasteiger charge is -2.50. The molecule has 0 spiro atoms. The van der Waals surface area contributed by atoms with Gasteiger partial charge in [0.1, 0.15) is 0 Å². The van der Waals surface area contributed by atoms with Crippen LogP contribution in [-0.4, -0.2) is 18.6 Å². The van der Waals surface area contributed by atoms with Crippen molar-refractivity contribution in [1.82, 2.24) is 0 Å². The molecule has 4 fully saturated rings. The Balaban J connectivity index is 1.16. The molecule has 11 atom stereocenters. The highest BCUT2D eigenvalue weighted by Crippen LogP contribution is 2.70. The predicted octanol–water partition coefficient (Wildman–Crippen LogP) is 9.99.